The Labute approximate surface area is 180 Å². The Morgan fingerprint density at radius 2 is 2.16 bits per heavy atom. The van der Waals surface area contributed by atoms with Crippen molar-refractivity contribution in [1.82, 2.24) is 24.7 Å². The summed E-state index contributed by atoms with van der Waals surface area (Å²) in [5, 5.41) is 17.3. The number of aliphatic carboxylic acids is 1. The van der Waals surface area contributed by atoms with E-state index in [1.54, 1.807) is 6.20 Å². The normalized spacial score (nSPS) is 16.2. The number of carboxylic acid groups (broad SMARTS) is 1. The topological polar surface area (TPSA) is 118 Å². The number of nitrogens with zero attached hydrogens (tertiary/aromatic N) is 6. The maximum atomic E-state index is 11.4. The molecule has 2 N–H and O–H groups in total. The van der Waals surface area contributed by atoms with Gasteiger partial charge in [0.1, 0.15) is 16.9 Å². The summed E-state index contributed by atoms with van der Waals surface area (Å²) >= 11 is 0. The Bertz CT molecular complexity index is 1080. The Kier molecular flexibility index (Phi) is 5.99. The van der Waals surface area contributed by atoms with E-state index in [1.165, 1.54) is 0 Å². The van der Waals surface area contributed by atoms with Crippen molar-refractivity contribution in [2.45, 2.75) is 33.7 Å². The lowest BCUT2D eigenvalue weighted by molar-refractivity contribution is -0.140. The number of pyridine rings is 1. The minimum atomic E-state index is -0.786. The molecule has 164 valence electrons. The summed E-state index contributed by atoms with van der Waals surface area (Å²) < 4.78 is 7.36. The second-order valence-electron chi connectivity index (χ2n) is 7.69. The highest BCUT2D eigenvalue weighted by Crippen LogP contribution is 2.30. The smallest absolute Gasteiger partial charge is 0.308 e. The first-order chi connectivity index (χ1) is 15.0. The summed E-state index contributed by atoms with van der Waals surface area (Å²) in [6, 6.07) is 3.87. The lowest BCUT2D eigenvalue weighted by atomic mass is 10.1. The molecule has 0 aromatic carbocycles. The largest absolute Gasteiger partial charge is 0.481 e. The number of aromatic nitrogens is 5. The average molecular weight is 425 g/mol. The number of carboxylic acids is 1. The van der Waals surface area contributed by atoms with Gasteiger partial charge in [-0.05, 0) is 38.8 Å². The highest BCUT2D eigenvalue weighted by molar-refractivity contribution is 5.90. The molecule has 4 rings (SSSR count). The molecule has 0 unspecified atom stereocenters. The number of carbonyl (C=O) groups is 1. The molecule has 0 aliphatic carbocycles. The molecule has 1 fully saturated rings. The van der Waals surface area contributed by atoms with Crippen LogP contribution in [0.25, 0.3) is 11.0 Å². The van der Waals surface area contributed by atoms with E-state index in [0.29, 0.717) is 56.9 Å². The second kappa shape index (κ2) is 8.84. The van der Waals surface area contributed by atoms with Crippen molar-refractivity contribution >= 4 is 34.6 Å². The van der Waals surface area contributed by atoms with Crippen molar-refractivity contribution in [3.05, 3.63) is 29.6 Å². The Balaban J connectivity index is 1.75. The molecule has 0 bridgehead atoms. The fourth-order valence-electron chi connectivity index (χ4n) is 3.71. The standard InChI is InChI=1S/C21H27N7O3/c1-4-31-10-9-28-18-17(14(3)26-28)24-21(27-8-7-15(12-27)20(29)30)25-19(18)23-16-6-5-13(2)11-22-16/h5-6,11,15H,4,7-10,12H2,1-3H3,(H,29,30)(H,22,23,24,25)/t15-/m0/s1. The van der Waals surface area contributed by atoms with Crippen LogP contribution in [0.4, 0.5) is 17.6 Å². The van der Waals surface area contributed by atoms with Gasteiger partial charge in [-0.25, -0.2) is 9.97 Å². The van der Waals surface area contributed by atoms with Gasteiger partial charge in [0.05, 0.1) is 24.8 Å². The molecule has 1 saturated heterocycles. The highest BCUT2D eigenvalue weighted by Gasteiger charge is 2.30. The molecule has 4 heterocycles. The Morgan fingerprint density at radius 1 is 1.32 bits per heavy atom. The molecule has 1 aliphatic rings. The van der Waals surface area contributed by atoms with Gasteiger partial charge in [-0.2, -0.15) is 10.1 Å². The fourth-order valence-corrected chi connectivity index (χ4v) is 3.71. The number of aryl methyl sites for hydroxylation is 2. The third-order valence-corrected chi connectivity index (χ3v) is 5.37. The maximum Gasteiger partial charge on any atom is 0.308 e. The lowest BCUT2D eigenvalue weighted by Crippen LogP contribution is -2.24. The number of anilines is 3. The van der Waals surface area contributed by atoms with Crippen LogP contribution in [0.3, 0.4) is 0 Å². The van der Waals surface area contributed by atoms with Crippen LogP contribution in [-0.4, -0.2) is 62.1 Å². The first-order valence-corrected chi connectivity index (χ1v) is 10.5. The molecule has 0 amide bonds. The first kappa shape index (κ1) is 21.0. The van der Waals surface area contributed by atoms with Crippen LogP contribution in [0.1, 0.15) is 24.6 Å². The Morgan fingerprint density at radius 3 is 2.84 bits per heavy atom. The molecule has 3 aromatic heterocycles. The molecule has 1 atom stereocenters. The number of fused-ring (bicyclic) bond motifs is 1. The zero-order valence-corrected chi connectivity index (χ0v) is 18.0. The van der Waals surface area contributed by atoms with Gasteiger partial charge in [0.15, 0.2) is 5.82 Å². The van der Waals surface area contributed by atoms with Crippen molar-refractivity contribution in [2.75, 3.05) is 36.5 Å². The predicted molar refractivity (Wildman–Crippen MR) is 117 cm³/mol. The molecular formula is C21H27N7O3. The number of ether oxygens (including phenoxy) is 1. The van der Waals surface area contributed by atoms with Gasteiger partial charge >= 0.3 is 5.97 Å². The van der Waals surface area contributed by atoms with Crippen LogP contribution in [0, 0.1) is 19.8 Å². The van der Waals surface area contributed by atoms with E-state index in [9.17, 15) is 9.90 Å². The molecular weight excluding hydrogens is 398 g/mol. The minimum Gasteiger partial charge on any atom is -0.481 e. The summed E-state index contributed by atoms with van der Waals surface area (Å²) in [6.45, 7) is 8.58. The highest BCUT2D eigenvalue weighted by atomic mass is 16.5. The molecule has 0 spiro atoms. The van der Waals surface area contributed by atoms with E-state index >= 15 is 0 Å². The number of hydrogen-bond donors (Lipinski definition) is 2. The SMILES string of the molecule is CCOCCn1nc(C)c2nc(N3CC[C@H](C(=O)O)C3)nc(Nc3ccc(C)cn3)c21. The molecule has 0 saturated carbocycles. The summed E-state index contributed by atoms with van der Waals surface area (Å²) in [4.78, 5) is 27.3. The van der Waals surface area contributed by atoms with Crippen molar-refractivity contribution < 1.29 is 14.6 Å². The van der Waals surface area contributed by atoms with Crippen LogP contribution < -0.4 is 10.2 Å². The van der Waals surface area contributed by atoms with Crippen molar-refractivity contribution in [1.29, 1.82) is 0 Å². The third-order valence-electron chi connectivity index (χ3n) is 5.37. The maximum absolute atomic E-state index is 11.4. The van der Waals surface area contributed by atoms with Gasteiger partial charge in [0.25, 0.3) is 0 Å². The molecule has 10 nitrogen and oxygen atoms in total. The zero-order chi connectivity index (χ0) is 22.0. The van der Waals surface area contributed by atoms with Crippen LogP contribution in [-0.2, 0) is 16.1 Å². The van der Waals surface area contributed by atoms with Gasteiger partial charge in [-0.1, -0.05) is 6.07 Å². The van der Waals surface area contributed by atoms with Crippen LogP contribution in [0.15, 0.2) is 18.3 Å². The van der Waals surface area contributed by atoms with Crippen LogP contribution in [0.2, 0.25) is 0 Å². The average Bonchev–Trinajstić information content (AvgIpc) is 3.36. The van der Waals surface area contributed by atoms with E-state index in [4.69, 9.17) is 14.7 Å². The predicted octanol–water partition coefficient (Wildman–Crippen LogP) is 2.53. The van der Waals surface area contributed by atoms with Gasteiger partial charge in [0, 0.05) is 25.9 Å². The quantitative estimate of drug-likeness (QED) is 0.525. The summed E-state index contributed by atoms with van der Waals surface area (Å²) in [5.41, 5.74) is 3.35. The van der Waals surface area contributed by atoms with E-state index in [0.717, 1.165) is 22.3 Å². The van der Waals surface area contributed by atoms with Crippen molar-refractivity contribution in [2.24, 2.45) is 5.92 Å². The molecule has 3 aromatic rings. The second-order valence-corrected chi connectivity index (χ2v) is 7.69. The molecule has 10 heteroatoms. The zero-order valence-electron chi connectivity index (χ0n) is 18.0. The fraction of sp³-hybridized carbons (Fsp3) is 0.476. The summed E-state index contributed by atoms with van der Waals surface area (Å²) in [5.74, 6) is 0.553. The Hall–Kier alpha value is -3.27. The third kappa shape index (κ3) is 4.43. The van der Waals surface area contributed by atoms with E-state index in [1.807, 2.05) is 42.5 Å². The van der Waals surface area contributed by atoms with Crippen LogP contribution in [0.5, 0.6) is 0 Å². The summed E-state index contributed by atoms with van der Waals surface area (Å²) in [7, 11) is 0. The molecule has 1 aliphatic heterocycles. The molecule has 31 heavy (non-hydrogen) atoms. The lowest BCUT2D eigenvalue weighted by Gasteiger charge is -2.18. The first-order valence-electron chi connectivity index (χ1n) is 10.5. The van der Waals surface area contributed by atoms with Crippen molar-refractivity contribution in [3.63, 3.8) is 0 Å². The van der Waals surface area contributed by atoms with Gasteiger partial charge < -0.3 is 20.1 Å². The van der Waals surface area contributed by atoms with Crippen molar-refractivity contribution in [3.8, 4) is 0 Å². The number of rotatable bonds is 8. The van der Waals surface area contributed by atoms with E-state index < -0.39 is 11.9 Å². The van der Waals surface area contributed by atoms with Gasteiger partial charge in [-0.15, -0.1) is 0 Å². The number of hydrogen-bond acceptors (Lipinski definition) is 8. The van der Waals surface area contributed by atoms with Crippen LogP contribution >= 0.6 is 0 Å². The minimum absolute atomic E-state index is 0.389. The summed E-state index contributed by atoms with van der Waals surface area (Å²) in [6.07, 6.45) is 2.36. The van der Waals surface area contributed by atoms with Gasteiger partial charge in [0.2, 0.25) is 5.95 Å². The monoisotopic (exact) mass is 425 g/mol. The van der Waals surface area contributed by atoms with E-state index in [-0.39, 0.29) is 0 Å². The van der Waals surface area contributed by atoms with Gasteiger partial charge in [-0.3, -0.25) is 9.48 Å². The van der Waals surface area contributed by atoms with E-state index in [2.05, 4.69) is 15.4 Å². The molecule has 0 radical (unpaired) electrons. The number of nitrogens with one attached hydrogen (secondary N) is 1.